The molecule has 0 amide bonds. The minimum atomic E-state index is 0.634. The van der Waals surface area contributed by atoms with Crippen LogP contribution in [0.25, 0.3) is 94.3 Å². The van der Waals surface area contributed by atoms with E-state index in [9.17, 15) is 0 Å². The second-order valence-corrected chi connectivity index (χ2v) is 12.9. The summed E-state index contributed by atoms with van der Waals surface area (Å²) in [5, 5.41) is 7.34. The maximum absolute atomic E-state index is 5.10. The maximum atomic E-state index is 5.10. The molecule has 0 saturated carbocycles. The SMILES string of the molecule is c1ccc(-c2nc(-c3cccc(-c4ccccc4-n4c5ccccc5c5c6ccccc6ccc54)c3)nc(-c3ccc4ccccc4c3)n2)cc1. The van der Waals surface area contributed by atoms with Crippen molar-refractivity contribution in [2.45, 2.75) is 0 Å². The van der Waals surface area contributed by atoms with Crippen molar-refractivity contribution in [2.75, 3.05) is 0 Å². The van der Waals surface area contributed by atoms with Gasteiger partial charge in [-0.15, -0.1) is 0 Å². The van der Waals surface area contributed by atoms with Crippen molar-refractivity contribution >= 4 is 43.4 Å². The van der Waals surface area contributed by atoms with E-state index in [-0.39, 0.29) is 0 Å². The Morgan fingerprint density at radius 2 is 0.922 bits per heavy atom. The second-order valence-electron chi connectivity index (χ2n) is 12.9. The van der Waals surface area contributed by atoms with Crippen LogP contribution in [0.4, 0.5) is 0 Å². The van der Waals surface area contributed by atoms with Crippen LogP contribution in [0, 0.1) is 0 Å². The smallest absolute Gasteiger partial charge is 0.164 e. The van der Waals surface area contributed by atoms with Crippen molar-refractivity contribution in [3.8, 4) is 51.0 Å². The lowest BCUT2D eigenvalue weighted by atomic mass is 10.0. The Bertz CT molecular complexity index is 2920. The van der Waals surface area contributed by atoms with Gasteiger partial charge in [-0.05, 0) is 57.4 Å². The number of aromatic nitrogens is 4. The van der Waals surface area contributed by atoms with Crippen molar-refractivity contribution in [1.29, 1.82) is 0 Å². The second kappa shape index (κ2) is 11.9. The van der Waals surface area contributed by atoms with E-state index in [0.29, 0.717) is 17.5 Å². The molecule has 4 nitrogen and oxygen atoms in total. The average molecular weight is 651 g/mol. The molecule has 0 spiro atoms. The highest BCUT2D eigenvalue weighted by molar-refractivity contribution is 6.21. The number of rotatable bonds is 5. The molecule has 0 aliphatic heterocycles. The zero-order valence-corrected chi connectivity index (χ0v) is 27.6. The summed E-state index contributed by atoms with van der Waals surface area (Å²) in [5.41, 5.74) is 8.52. The Morgan fingerprint density at radius 3 is 1.76 bits per heavy atom. The molecule has 10 rings (SSSR count). The van der Waals surface area contributed by atoms with E-state index in [2.05, 4.69) is 156 Å². The third kappa shape index (κ3) is 4.96. The minimum Gasteiger partial charge on any atom is -0.309 e. The van der Waals surface area contributed by atoms with Crippen molar-refractivity contribution in [3.63, 3.8) is 0 Å². The van der Waals surface area contributed by atoms with Gasteiger partial charge in [0.05, 0.1) is 16.7 Å². The summed E-state index contributed by atoms with van der Waals surface area (Å²) < 4.78 is 2.41. The lowest BCUT2D eigenvalue weighted by Crippen LogP contribution is -2.00. The van der Waals surface area contributed by atoms with E-state index in [1.54, 1.807) is 0 Å². The molecule has 0 atom stereocenters. The molecule has 0 bridgehead atoms. The van der Waals surface area contributed by atoms with Crippen LogP contribution < -0.4 is 0 Å². The number of nitrogens with zero attached hydrogens (tertiary/aromatic N) is 4. The van der Waals surface area contributed by atoms with Gasteiger partial charge in [-0.1, -0.05) is 152 Å². The normalized spacial score (nSPS) is 11.5. The van der Waals surface area contributed by atoms with Gasteiger partial charge in [0.2, 0.25) is 0 Å². The quantitative estimate of drug-likeness (QED) is 0.186. The lowest BCUT2D eigenvalue weighted by molar-refractivity contribution is 1.07. The van der Waals surface area contributed by atoms with E-state index in [4.69, 9.17) is 15.0 Å². The highest BCUT2D eigenvalue weighted by atomic mass is 15.0. The number of benzene rings is 8. The fourth-order valence-corrected chi connectivity index (χ4v) is 7.42. The van der Waals surface area contributed by atoms with Gasteiger partial charge in [0, 0.05) is 33.0 Å². The zero-order valence-electron chi connectivity index (χ0n) is 27.6. The van der Waals surface area contributed by atoms with Gasteiger partial charge in [0.25, 0.3) is 0 Å². The van der Waals surface area contributed by atoms with E-state index in [1.165, 1.54) is 38.0 Å². The highest BCUT2D eigenvalue weighted by Gasteiger charge is 2.18. The van der Waals surface area contributed by atoms with Crippen LogP contribution in [0.3, 0.4) is 0 Å². The molecule has 0 unspecified atom stereocenters. The predicted octanol–water partition coefficient (Wildman–Crippen LogP) is 11.9. The molecule has 0 N–H and O–H groups in total. The van der Waals surface area contributed by atoms with Gasteiger partial charge in [0.15, 0.2) is 17.5 Å². The molecule has 2 aromatic heterocycles. The summed E-state index contributed by atoms with van der Waals surface area (Å²) in [4.78, 5) is 15.1. The summed E-state index contributed by atoms with van der Waals surface area (Å²) in [6.07, 6.45) is 0. The topological polar surface area (TPSA) is 43.6 Å². The van der Waals surface area contributed by atoms with Crippen molar-refractivity contribution < 1.29 is 0 Å². The van der Waals surface area contributed by atoms with Gasteiger partial charge in [-0.3, -0.25) is 0 Å². The molecule has 8 aromatic carbocycles. The van der Waals surface area contributed by atoms with Gasteiger partial charge in [0.1, 0.15) is 0 Å². The first kappa shape index (κ1) is 29.0. The van der Waals surface area contributed by atoms with Crippen LogP contribution in [0.2, 0.25) is 0 Å². The highest BCUT2D eigenvalue weighted by Crippen LogP contribution is 2.40. The molecular weight excluding hydrogens is 621 g/mol. The first-order valence-electron chi connectivity index (χ1n) is 17.2. The molecule has 0 aliphatic carbocycles. The fraction of sp³-hybridized carbons (Fsp3) is 0. The first-order chi connectivity index (χ1) is 25.3. The molecule has 10 aromatic rings. The van der Waals surface area contributed by atoms with Crippen LogP contribution in [0.5, 0.6) is 0 Å². The van der Waals surface area contributed by atoms with Crippen LogP contribution in [-0.4, -0.2) is 19.5 Å². The van der Waals surface area contributed by atoms with Crippen molar-refractivity contribution in [1.82, 2.24) is 19.5 Å². The number of para-hydroxylation sites is 2. The van der Waals surface area contributed by atoms with E-state index < -0.39 is 0 Å². The third-order valence-electron chi connectivity index (χ3n) is 9.81. The molecule has 238 valence electrons. The molecule has 2 heterocycles. The Labute approximate surface area is 295 Å². The Morgan fingerprint density at radius 1 is 0.333 bits per heavy atom. The summed E-state index contributed by atoms with van der Waals surface area (Å²) in [6, 6.07) is 64.0. The van der Waals surface area contributed by atoms with Crippen LogP contribution in [-0.2, 0) is 0 Å². The number of fused-ring (bicyclic) bond motifs is 6. The van der Waals surface area contributed by atoms with E-state index >= 15 is 0 Å². The summed E-state index contributed by atoms with van der Waals surface area (Å²) in [5.74, 6) is 1.93. The predicted molar refractivity (Wildman–Crippen MR) is 211 cm³/mol. The fourth-order valence-electron chi connectivity index (χ4n) is 7.42. The minimum absolute atomic E-state index is 0.634. The maximum Gasteiger partial charge on any atom is 0.164 e. The summed E-state index contributed by atoms with van der Waals surface area (Å²) in [7, 11) is 0. The van der Waals surface area contributed by atoms with Crippen LogP contribution in [0.15, 0.2) is 182 Å². The Hall–Kier alpha value is -6.91. The summed E-state index contributed by atoms with van der Waals surface area (Å²) >= 11 is 0. The monoisotopic (exact) mass is 650 g/mol. The molecule has 4 heteroatoms. The largest absolute Gasteiger partial charge is 0.309 e. The standard InChI is InChI=1S/C47H30N4/c1-2-15-33(16-3-1)45-48-46(50-47(49-45)37-26-25-31-13-4-5-17-34(31)29-37)36-19-12-18-35(30-36)38-20-8-10-23-41(38)51-42-24-11-9-22-40(42)44-39-21-7-6-14-32(39)27-28-43(44)51/h1-30H. The molecule has 0 radical (unpaired) electrons. The van der Waals surface area contributed by atoms with E-state index in [0.717, 1.165) is 38.9 Å². The van der Waals surface area contributed by atoms with Gasteiger partial charge >= 0.3 is 0 Å². The molecule has 0 fully saturated rings. The van der Waals surface area contributed by atoms with Crippen LogP contribution in [0.1, 0.15) is 0 Å². The molecule has 0 saturated heterocycles. The van der Waals surface area contributed by atoms with E-state index in [1.807, 2.05) is 30.3 Å². The first-order valence-corrected chi connectivity index (χ1v) is 17.2. The number of hydrogen-bond donors (Lipinski definition) is 0. The zero-order chi connectivity index (χ0) is 33.7. The van der Waals surface area contributed by atoms with Crippen molar-refractivity contribution in [3.05, 3.63) is 182 Å². The lowest BCUT2D eigenvalue weighted by Gasteiger charge is -2.15. The summed E-state index contributed by atoms with van der Waals surface area (Å²) in [6.45, 7) is 0. The van der Waals surface area contributed by atoms with Crippen LogP contribution >= 0.6 is 0 Å². The van der Waals surface area contributed by atoms with Crippen molar-refractivity contribution in [2.24, 2.45) is 0 Å². The average Bonchev–Trinajstić information content (AvgIpc) is 3.55. The molecule has 51 heavy (non-hydrogen) atoms. The molecular formula is C47H30N4. The van der Waals surface area contributed by atoms with Gasteiger partial charge in [-0.2, -0.15) is 0 Å². The molecule has 0 aliphatic rings. The third-order valence-corrected chi connectivity index (χ3v) is 9.81. The Balaban J connectivity index is 1.15. The Kier molecular flexibility index (Phi) is 6.78. The van der Waals surface area contributed by atoms with Gasteiger partial charge < -0.3 is 4.57 Å². The van der Waals surface area contributed by atoms with Gasteiger partial charge in [-0.25, -0.2) is 15.0 Å². The number of hydrogen-bond acceptors (Lipinski definition) is 3.